The van der Waals surface area contributed by atoms with Gasteiger partial charge in [0.1, 0.15) is 0 Å². The number of nitrogens with two attached hydrogens (primary N) is 2. The smallest absolute Gasteiger partial charge is 0.238 e. The summed E-state index contributed by atoms with van der Waals surface area (Å²) < 4.78 is 27.0. The third-order valence-corrected chi connectivity index (χ3v) is 3.34. The number of primary sulfonamides is 1. The Morgan fingerprint density at radius 1 is 1.33 bits per heavy atom. The highest BCUT2D eigenvalue weighted by Gasteiger charge is 2.06. The first-order valence-electron chi connectivity index (χ1n) is 5.54. The number of sulfonamides is 1. The van der Waals surface area contributed by atoms with E-state index in [0.717, 1.165) is 12.1 Å². The molecule has 0 spiro atoms. The van der Waals surface area contributed by atoms with Gasteiger partial charge < -0.3 is 15.8 Å². The van der Waals surface area contributed by atoms with Gasteiger partial charge in [0.05, 0.1) is 11.5 Å². The van der Waals surface area contributed by atoms with Gasteiger partial charge in [-0.2, -0.15) is 0 Å². The number of ether oxygens (including phenoxy) is 1. The Bertz CT molecular complexity index is 459. The number of nitrogens with one attached hydrogen (secondary N) is 1. The van der Waals surface area contributed by atoms with Gasteiger partial charge >= 0.3 is 0 Å². The number of hydrogen-bond donors (Lipinski definition) is 3. The summed E-state index contributed by atoms with van der Waals surface area (Å²) in [5, 5.41) is 8.14. The van der Waals surface area contributed by atoms with Crippen molar-refractivity contribution in [3.63, 3.8) is 0 Å². The van der Waals surface area contributed by atoms with Gasteiger partial charge in [0.15, 0.2) is 0 Å². The van der Waals surface area contributed by atoms with Crippen LogP contribution in [0.25, 0.3) is 0 Å². The second-order valence-corrected chi connectivity index (χ2v) is 5.56. The van der Waals surface area contributed by atoms with Crippen LogP contribution in [0.2, 0.25) is 0 Å². The summed E-state index contributed by atoms with van der Waals surface area (Å²) in [4.78, 5) is 0.101. The van der Waals surface area contributed by atoms with E-state index in [1.54, 1.807) is 19.2 Å². The van der Waals surface area contributed by atoms with Crippen LogP contribution in [0.5, 0.6) is 0 Å². The molecule has 18 heavy (non-hydrogen) atoms. The Labute approximate surface area is 107 Å². The minimum Gasteiger partial charge on any atom is -0.385 e. The van der Waals surface area contributed by atoms with E-state index < -0.39 is 10.0 Å². The van der Waals surface area contributed by atoms with E-state index in [1.807, 2.05) is 0 Å². The summed E-state index contributed by atoms with van der Waals surface area (Å²) in [6.07, 6.45) is 0.769. The molecule has 102 valence electrons. The Kier molecular flexibility index (Phi) is 5.54. The maximum atomic E-state index is 11.0. The van der Waals surface area contributed by atoms with Gasteiger partial charge in [-0.3, -0.25) is 0 Å². The molecule has 0 aliphatic heterocycles. The lowest BCUT2D eigenvalue weighted by Gasteiger charge is -2.11. The van der Waals surface area contributed by atoms with Crippen LogP contribution < -0.4 is 16.2 Å². The Balaban J connectivity index is 2.45. The second kappa shape index (κ2) is 6.69. The molecule has 1 aromatic rings. The SMILES string of the molecule is COCC(N)CCNc1ccc(S(N)(=O)=O)cc1. The zero-order valence-corrected chi connectivity index (χ0v) is 11.1. The normalized spacial score (nSPS) is 13.3. The van der Waals surface area contributed by atoms with Crippen molar-refractivity contribution in [3.05, 3.63) is 24.3 Å². The highest BCUT2D eigenvalue weighted by molar-refractivity contribution is 7.89. The molecule has 0 heterocycles. The molecule has 0 amide bonds. The standard InChI is InChI=1S/C11H19N3O3S/c1-17-8-9(12)6-7-14-10-2-4-11(5-3-10)18(13,15)16/h2-5,9,14H,6-8,12H2,1H3,(H2,13,15,16). The third-order valence-electron chi connectivity index (χ3n) is 2.41. The molecule has 0 radical (unpaired) electrons. The van der Waals surface area contributed by atoms with Gasteiger partial charge in [0, 0.05) is 25.4 Å². The van der Waals surface area contributed by atoms with E-state index in [9.17, 15) is 8.42 Å². The lowest BCUT2D eigenvalue weighted by molar-refractivity contribution is 0.178. The van der Waals surface area contributed by atoms with Gasteiger partial charge in [0.2, 0.25) is 10.0 Å². The number of hydrogen-bond acceptors (Lipinski definition) is 5. The molecule has 1 rings (SSSR count). The van der Waals surface area contributed by atoms with Crippen LogP contribution in [-0.2, 0) is 14.8 Å². The zero-order valence-electron chi connectivity index (χ0n) is 10.3. The van der Waals surface area contributed by atoms with Crippen molar-refractivity contribution in [1.82, 2.24) is 0 Å². The fraction of sp³-hybridized carbons (Fsp3) is 0.455. The first kappa shape index (κ1) is 14.9. The first-order chi connectivity index (χ1) is 8.43. The van der Waals surface area contributed by atoms with Crippen molar-refractivity contribution >= 4 is 15.7 Å². The third kappa shape index (κ3) is 5.01. The number of methoxy groups -OCH3 is 1. The largest absolute Gasteiger partial charge is 0.385 e. The van der Waals surface area contributed by atoms with E-state index >= 15 is 0 Å². The van der Waals surface area contributed by atoms with Crippen molar-refractivity contribution in [1.29, 1.82) is 0 Å². The Morgan fingerprint density at radius 3 is 2.44 bits per heavy atom. The van der Waals surface area contributed by atoms with Gasteiger partial charge in [0.25, 0.3) is 0 Å². The van der Waals surface area contributed by atoms with Crippen molar-refractivity contribution in [2.45, 2.75) is 17.4 Å². The van der Waals surface area contributed by atoms with Crippen molar-refractivity contribution in [2.75, 3.05) is 25.6 Å². The highest BCUT2D eigenvalue weighted by Crippen LogP contribution is 2.12. The predicted octanol–water partition coefficient (Wildman–Crippen LogP) is 0.110. The number of rotatable bonds is 7. The summed E-state index contributed by atoms with van der Waals surface area (Å²) in [6.45, 7) is 1.21. The molecular weight excluding hydrogens is 254 g/mol. The van der Waals surface area contributed by atoms with Crippen LogP contribution in [0.3, 0.4) is 0 Å². The average Bonchev–Trinajstić information content (AvgIpc) is 2.29. The van der Waals surface area contributed by atoms with Crippen LogP contribution in [0.4, 0.5) is 5.69 Å². The lowest BCUT2D eigenvalue weighted by Crippen LogP contribution is -2.28. The minimum atomic E-state index is -3.63. The molecule has 1 aromatic carbocycles. The van der Waals surface area contributed by atoms with Crippen molar-refractivity contribution in [3.8, 4) is 0 Å². The molecular formula is C11H19N3O3S. The highest BCUT2D eigenvalue weighted by atomic mass is 32.2. The molecule has 0 fully saturated rings. The summed E-state index contributed by atoms with van der Waals surface area (Å²) in [5.41, 5.74) is 6.59. The second-order valence-electron chi connectivity index (χ2n) is 4.00. The van der Waals surface area contributed by atoms with Crippen LogP contribution >= 0.6 is 0 Å². The fourth-order valence-electron chi connectivity index (χ4n) is 1.46. The number of anilines is 1. The molecule has 1 atom stereocenters. The van der Waals surface area contributed by atoms with Crippen LogP contribution in [0.1, 0.15) is 6.42 Å². The maximum absolute atomic E-state index is 11.0. The lowest BCUT2D eigenvalue weighted by atomic mass is 10.2. The van der Waals surface area contributed by atoms with Gasteiger partial charge in [-0.15, -0.1) is 0 Å². The van der Waals surface area contributed by atoms with Gasteiger partial charge in [-0.25, -0.2) is 13.6 Å². The first-order valence-corrected chi connectivity index (χ1v) is 7.09. The van der Waals surface area contributed by atoms with Gasteiger partial charge in [-0.05, 0) is 30.7 Å². The van der Waals surface area contributed by atoms with Crippen LogP contribution in [0.15, 0.2) is 29.2 Å². The monoisotopic (exact) mass is 273 g/mol. The Hall–Kier alpha value is -1.15. The minimum absolute atomic E-state index is 0.00815. The summed E-state index contributed by atoms with van der Waals surface area (Å²) in [5.74, 6) is 0. The maximum Gasteiger partial charge on any atom is 0.238 e. The molecule has 0 saturated heterocycles. The van der Waals surface area contributed by atoms with E-state index in [1.165, 1.54) is 12.1 Å². The quantitative estimate of drug-likeness (QED) is 0.653. The number of benzene rings is 1. The fourth-order valence-corrected chi connectivity index (χ4v) is 1.98. The molecule has 1 unspecified atom stereocenters. The van der Waals surface area contributed by atoms with Gasteiger partial charge in [-0.1, -0.05) is 0 Å². The average molecular weight is 273 g/mol. The summed E-state index contributed by atoms with van der Waals surface area (Å²) >= 11 is 0. The zero-order chi connectivity index (χ0) is 13.6. The molecule has 0 aromatic heterocycles. The van der Waals surface area contributed by atoms with E-state index in [-0.39, 0.29) is 10.9 Å². The molecule has 0 aliphatic carbocycles. The predicted molar refractivity (Wildman–Crippen MR) is 70.8 cm³/mol. The molecule has 5 N–H and O–H groups in total. The van der Waals surface area contributed by atoms with Crippen LogP contribution in [-0.4, -0.2) is 34.7 Å². The van der Waals surface area contributed by atoms with Crippen molar-refractivity contribution in [2.24, 2.45) is 10.9 Å². The molecule has 0 saturated carbocycles. The van der Waals surface area contributed by atoms with E-state index in [0.29, 0.717) is 13.2 Å². The molecule has 0 aliphatic rings. The van der Waals surface area contributed by atoms with Crippen LogP contribution in [0, 0.1) is 0 Å². The summed E-state index contributed by atoms with van der Waals surface area (Å²) in [7, 11) is -2.01. The van der Waals surface area contributed by atoms with E-state index in [2.05, 4.69) is 5.32 Å². The Morgan fingerprint density at radius 2 is 1.94 bits per heavy atom. The molecule has 6 nitrogen and oxygen atoms in total. The summed E-state index contributed by atoms with van der Waals surface area (Å²) in [6, 6.07) is 6.26. The van der Waals surface area contributed by atoms with E-state index in [4.69, 9.17) is 15.6 Å². The molecule has 7 heteroatoms. The van der Waals surface area contributed by atoms with Crippen molar-refractivity contribution < 1.29 is 13.2 Å². The topological polar surface area (TPSA) is 107 Å². The molecule has 0 bridgehead atoms.